The summed E-state index contributed by atoms with van der Waals surface area (Å²) < 4.78 is 0. The molecule has 0 aromatic carbocycles. The molecule has 0 saturated heterocycles. The first-order valence-electron chi connectivity index (χ1n) is 4.53. The van der Waals surface area contributed by atoms with Gasteiger partial charge in [-0.15, -0.1) is 0 Å². The van der Waals surface area contributed by atoms with Crippen LogP contribution in [0.5, 0.6) is 0 Å². The number of hydrogen-bond donors (Lipinski definition) is 2. The molecule has 0 atom stereocenters. The van der Waals surface area contributed by atoms with E-state index in [0.29, 0.717) is 0 Å². The molecule has 0 fully saturated rings. The number of H-pyrrole nitrogens is 1. The van der Waals surface area contributed by atoms with Crippen molar-refractivity contribution in [2.24, 2.45) is 0 Å². The summed E-state index contributed by atoms with van der Waals surface area (Å²) in [6.07, 6.45) is 5.11. The van der Waals surface area contributed by atoms with Gasteiger partial charge in [-0.3, -0.25) is 0 Å². The topological polar surface area (TPSA) is 40.7 Å². The molecule has 3 nitrogen and oxygen atoms in total. The highest BCUT2D eigenvalue weighted by Crippen LogP contribution is 1.99. The van der Waals surface area contributed by atoms with E-state index in [2.05, 4.69) is 21.5 Å². The van der Waals surface area contributed by atoms with Gasteiger partial charge in [0.05, 0.1) is 12.0 Å². The molecule has 0 radical (unpaired) electrons. The molecular weight excluding hydrogens is 182 g/mol. The second-order valence-corrected chi connectivity index (χ2v) is 3.98. The summed E-state index contributed by atoms with van der Waals surface area (Å²) in [5.41, 5.74) is 2.29. The summed E-state index contributed by atoms with van der Waals surface area (Å²) in [6.45, 7) is 4.00. The second kappa shape index (κ2) is 6.05. The molecule has 1 heterocycles. The summed E-state index contributed by atoms with van der Waals surface area (Å²) in [7, 11) is 0. The number of nitrogens with zero attached hydrogens (tertiary/aromatic N) is 1. The fourth-order valence-corrected chi connectivity index (χ4v) is 1.55. The quantitative estimate of drug-likeness (QED) is 0.683. The number of imidazole rings is 1. The molecule has 4 heteroatoms. The molecule has 1 aromatic heterocycles. The van der Waals surface area contributed by atoms with Gasteiger partial charge in [-0.25, -0.2) is 4.98 Å². The van der Waals surface area contributed by atoms with Crippen LogP contribution in [0.15, 0.2) is 6.33 Å². The van der Waals surface area contributed by atoms with Crippen molar-refractivity contribution in [2.75, 3.05) is 18.6 Å². The average Bonchev–Trinajstić information content (AvgIpc) is 2.52. The largest absolute Gasteiger partial charge is 0.348 e. The van der Waals surface area contributed by atoms with Gasteiger partial charge >= 0.3 is 0 Å². The van der Waals surface area contributed by atoms with Crippen LogP contribution in [-0.4, -0.2) is 28.5 Å². The molecule has 0 aliphatic carbocycles. The van der Waals surface area contributed by atoms with Gasteiger partial charge in [0.25, 0.3) is 0 Å². The number of rotatable bonds is 6. The molecule has 1 aromatic rings. The number of aryl methyl sites for hydroxylation is 1. The van der Waals surface area contributed by atoms with Gasteiger partial charge < -0.3 is 10.3 Å². The minimum atomic E-state index is 0.879. The van der Waals surface area contributed by atoms with Crippen molar-refractivity contribution in [1.82, 2.24) is 15.3 Å². The summed E-state index contributed by atoms with van der Waals surface area (Å²) in [6, 6.07) is 0. The van der Waals surface area contributed by atoms with Gasteiger partial charge in [0.2, 0.25) is 0 Å². The van der Waals surface area contributed by atoms with Crippen LogP contribution < -0.4 is 5.32 Å². The maximum Gasteiger partial charge on any atom is 0.0925 e. The first-order valence-corrected chi connectivity index (χ1v) is 5.92. The van der Waals surface area contributed by atoms with Crippen LogP contribution >= 0.6 is 11.8 Å². The van der Waals surface area contributed by atoms with Gasteiger partial charge in [0.15, 0.2) is 0 Å². The standard InChI is InChI=1S/C9H17N3S/c1-8-9(12-7-11-8)6-10-4-3-5-13-2/h7,10H,3-6H2,1-2H3,(H,11,12). The highest BCUT2D eigenvalue weighted by molar-refractivity contribution is 7.98. The molecule has 0 aliphatic rings. The lowest BCUT2D eigenvalue weighted by atomic mass is 10.3. The predicted molar refractivity (Wildman–Crippen MR) is 58.0 cm³/mol. The number of hydrogen-bond acceptors (Lipinski definition) is 3. The SMILES string of the molecule is CSCCCNCc1nc[nH]c1C. The lowest BCUT2D eigenvalue weighted by molar-refractivity contribution is 0.667. The molecule has 0 unspecified atom stereocenters. The van der Waals surface area contributed by atoms with Gasteiger partial charge in [0, 0.05) is 12.2 Å². The zero-order chi connectivity index (χ0) is 9.52. The molecular formula is C9H17N3S. The van der Waals surface area contributed by atoms with E-state index in [0.717, 1.165) is 24.5 Å². The molecule has 2 N–H and O–H groups in total. The van der Waals surface area contributed by atoms with E-state index >= 15 is 0 Å². The number of thioether (sulfide) groups is 1. The van der Waals surface area contributed by atoms with E-state index in [-0.39, 0.29) is 0 Å². The van der Waals surface area contributed by atoms with Crippen molar-refractivity contribution in [3.05, 3.63) is 17.7 Å². The fraction of sp³-hybridized carbons (Fsp3) is 0.667. The van der Waals surface area contributed by atoms with E-state index in [1.165, 1.54) is 12.2 Å². The zero-order valence-electron chi connectivity index (χ0n) is 8.26. The summed E-state index contributed by atoms with van der Waals surface area (Å²) in [4.78, 5) is 7.28. The average molecular weight is 199 g/mol. The Bertz CT molecular complexity index is 235. The van der Waals surface area contributed by atoms with Crippen LogP contribution in [0.3, 0.4) is 0 Å². The van der Waals surface area contributed by atoms with E-state index < -0.39 is 0 Å². The third kappa shape index (κ3) is 3.83. The number of aromatic amines is 1. The number of nitrogens with one attached hydrogen (secondary N) is 2. The summed E-state index contributed by atoms with van der Waals surface area (Å²) in [5.74, 6) is 1.23. The Hall–Kier alpha value is -0.480. The lowest BCUT2D eigenvalue weighted by Crippen LogP contribution is -2.16. The Morgan fingerprint density at radius 2 is 2.46 bits per heavy atom. The molecule has 74 valence electrons. The Balaban J connectivity index is 2.10. The Morgan fingerprint density at radius 1 is 1.62 bits per heavy atom. The highest BCUT2D eigenvalue weighted by atomic mass is 32.2. The molecule has 13 heavy (non-hydrogen) atoms. The molecule has 0 saturated carbocycles. The van der Waals surface area contributed by atoms with E-state index in [4.69, 9.17) is 0 Å². The lowest BCUT2D eigenvalue weighted by Gasteiger charge is -2.01. The summed E-state index contributed by atoms with van der Waals surface area (Å²) in [5, 5.41) is 3.37. The van der Waals surface area contributed by atoms with Crippen LogP contribution in [0, 0.1) is 6.92 Å². The van der Waals surface area contributed by atoms with Crippen LogP contribution in [0.4, 0.5) is 0 Å². The van der Waals surface area contributed by atoms with Crippen molar-refractivity contribution < 1.29 is 0 Å². The van der Waals surface area contributed by atoms with Crippen LogP contribution in [0.25, 0.3) is 0 Å². The maximum atomic E-state index is 4.21. The van der Waals surface area contributed by atoms with Crippen LogP contribution in [-0.2, 0) is 6.54 Å². The van der Waals surface area contributed by atoms with Gasteiger partial charge in [-0.05, 0) is 31.9 Å². The van der Waals surface area contributed by atoms with Crippen molar-refractivity contribution >= 4 is 11.8 Å². The second-order valence-electron chi connectivity index (χ2n) is 3.00. The Morgan fingerprint density at radius 3 is 3.08 bits per heavy atom. The molecule has 1 rings (SSSR count). The molecule has 0 spiro atoms. The van der Waals surface area contributed by atoms with Crippen molar-refractivity contribution in [2.45, 2.75) is 19.9 Å². The minimum Gasteiger partial charge on any atom is -0.348 e. The zero-order valence-corrected chi connectivity index (χ0v) is 9.08. The first-order chi connectivity index (χ1) is 6.34. The number of aromatic nitrogens is 2. The van der Waals surface area contributed by atoms with Gasteiger partial charge in [-0.1, -0.05) is 0 Å². The van der Waals surface area contributed by atoms with Gasteiger partial charge in [0.1, 0.15) is 0 Å². The molecule has 0 amide bonds. The van der Waals surface area contributed by atoms with Crippen molar-refractivity contribution in [1.29, 1.82) is 0 Å². The third-order valence-corrected chi connectivity index (χ3v) is 2.63. The van der Waals surface area contributed by atoms with Crippen molar-refractivity contribution in [3.63, 3.8) is 0 Å². The molecule has 0 bridgehead atoms. The van der Waals surface area contributed by atoms with Crippen LogP contribution in [0.1, 0.15) is 17.8 Å². The van der Waals surface area contributed by atoms with E-state index in [9.17, 15) is 0 Å². The smallest absolute Gasteiger partial charge is 0.0925 e. The maximum absolute atomic E-state index is 4.21. The van der Waals surface area contributed by atoms with E-state index in [1.807, 2.05) is 18.7 Å². The third-order valence-electron chi connectivity index (χ3n) is 1.93. The summed E-state index contributed by atoms with van der Waals surface area (Å²) >= 11 is 1.89. The van der Waals surface area contributed by atoms with Gasteiger partial charge in [-0.2, -0.15) is 11.8 Å². The van der Waals surface area contributed by atoms with Crippen LogP contribution in [0.2, 0.25) is 0 Å². The molecule has 0 aliphatic heterocycles. The Kier molecular flexibility index (Phi) is 4.93. The van der Waals surface area contributed by atoms with Crippen molar-refractivity contribution in [3.8, 4) is 0 Å². The first kappa shape index (κ1) is 10.6. The normalized spacial score (nSPS) is 10.6. The highest BCUT2D eigenvalue weighted by Gasteiger charge is 1.98. The predicted octanol–water partition coefficient (Wildman–Crippen LogP) is 1.56. The fourth-order valence-electron chi connectivity index (χ4n) is 1.11. The Labute approximate surface area is 83.7 Å². The van der Waals surface area contributed by atoms with E-state index in [1.54, 1.807) is 6.33 Å². The minimum absolute atomic E-state index is 0.879. The monoisotopic (exact) mass is 199 g/mol.